The monoisotopic (exact) mass is 694 g/mol. The van der Waals surface area contributed by atoms with Crippen LogP contribution in [0, 0.1) is 21.3 Å². The number of halogens is 4. The zero-order valence-electron chi connectivity index (χ0n) is 22.5. The molecule has 0 radical (unpaired) electrons. The number of benzene rings is 1. The smallest absolute Gasteiger partial charge is 0.406 e. The van der Waals surface area contributed by atoms with Crippen LogP contribution in [0.1, 0.15) is 48.9 Å². The molecule has 3 N–H and O–H groups in total. The van der Waals surface area contributed by atoms with E-state index in [1.807, 2.05) is 22.6 Å². The van der Waals surface area contributed by atoms with Crippen LogP contribution in [-0.2, 0) is 9.59 Å². The Morgan fingerprint density at radius 3 is 2.59 bits per heavy atom. The molecule has 1 aromatic carbocycles. The molecule has 9 nitrogen and oxygen atoms in total. The number of ether oxygens (including phenoxy) is 2. The number of carbonyl (C=O) groups is 3. The number of rotatable bonds is 11. The molecule has 0 aliphatic heterocycles. The van der Waals surface area contributed by atoms with Gasteiger partial charge in [-0.3, -0.25) is 14.4 Å². The largest absolute Gasteiger partial charge is 0.493 e. The average Bonchev–Trinajstić information content (AvgIpc) is 3.55. The number of fused-ring (bicyclic) bond motifs is 2. The van der Waals surface area contributed by atoms with Crippen molar-refractivity contribution in [3.05, 3.63) is 32.9 Å². The molecular weight excluding hydrogens is 660 g/mol. The highest BCUT2D eigenvalue weighted by atomic mass is 127. The van der Waals surface area contributed by atoms with Crippen LogP contribution in [0.15, 0.2) is 23.8 Å². The summed E-state index contributed by atoms with van der Waals surface area (Å²) in [5.74, 6) is -0.308. The highest BCUT2D eigenvalue weighted by molar-refractivity contribution is 14.1. The molecule has 0 heterocycles. The van der Waals surface area contributed by atoms with Crippen molar-refractivity contribution in [2.75, 3.05) is 26.8 Å². The summed E-state index contributed by atoms with van der Waals surface area (Å²) in [5, 5.41) is 23.0. The van der Waals surface area contributed by atoms with Crippen molar-refractivity contribution >= 4 is 40.7 Å². The van der Waals surface area contributed by atoms with E-state index in [-0.39, 0.29) is 49.0 Å². The first kappa shape index (κ1) is 31.5. The minimum atomic E-state index is -4.75. The van der Waals surface area contributed by atoms with Gasteiger partial charge in [0.2, 0.25) is 11.8 Å². The van der Waals surface area contributed by atoms with Crippen LogP contribution in [-0.4, -0.2) is 84.4 Å². The molecule has 1 aromatic rings. The number of hydrogen-bond acceptors (Lipinski definition) is 7. The van der Waals surface area contributed by atoms with Crippen molar-refractivity contribution in [2.45, 2.75) is 63.0 Å². The molecule has 6 unspecified atom stereocenters. The summed E-state index contributed by atoms with van der Waals surface area (Å²) < 4.78 is 53.3. The predicted molar refractivity (Wildman–Crippen MR) is 149 cm³/mol. The molecule has 2 saturated carbocycles. The summed E-state index contributed by atoms with van der Waals surface area (Å²) in [6, 6.07) is 1.50. The lowest BCUT2D eigenvalue weighted by molar-refractivity contribution is -0.173. The fraction of sp³-hybridized carbons (Fsp3) is 0.607. The number of nitrogens with one attached hydrogen (secondary N) is 1. The third-order valence-electron chi connectivity index (χ3n) is 8.25. The molecule has 2 bridgehead atoms. The molecule has 0 saturated heterocycles. The van der Waals surface area contributed by atoms with Crippen molar-refractivity contribution in [1.82, 2.24) is 10.2 Å². The number of hydrogen-bond donors (Lipinski definition) is 3. The molecule has 13 heteroatoms. The maximum absolute atomic E-state index is 13.8. The second kappa shape index (κ2) is 13.3. The van der Waals surface area contributed by atoms with E-state index in [0.29, 0.717) is 32.2 Å². The summed E-state index contributed by atoms with van der Waals surface area (Å²) in [6.07, 6.45) is -2.34. The summed E-state index contributed by atoms with van der Waals surface area (Å²) in [5.41, 5.74) is 0.306. The first-order valence-electron chi connectivity index (χ1n) is 13.6. The van der Waals surface area contributed by atoms with E-state index in [1.165, 1.54) is 25.3 Å². The third kappa shape index (κ3) is 7.53. The molecule has 3 aliphatic carbocycles. The van der Waals surface area contributed by atoms with Crippen LogP contribution in [0.5, 0.6) is 11.5 Å². The van der Waals surface area contributed by atoms with Gasteiger partial charge in [-0.1, -0.05) is 6.42 Å². The highest BCUT2D eigenvalue weighted by Crippen LogP contribution is 2.50. The van der Waals surface area contributed by atoms with Gasteiger partial charge in [-0.15, -0.1) is 0 Å². The summed E-state index contributed by atoms with van der Waals surface area (Å²) in [7, 11) is 1.34. The number of alkyl halides is 3. The maximum Gasteiger partial charge on any atom is 0.406 e. The molecule has 3 aliphatic rings. The number of aldehydes is 1. The Labute approximate surface area is 249 Å². The van der Waals surface area contributed by atoms with Gasteiger partial charge in [-0.05, 0) is 77.8 Å². The van der Waals surface area contributed by atoms with E-state index in [1.54, 1.807) is 0 Å². The molecule has 6 atom stereocenters. The molecule has 0 aromatic heterocycles. The van der Waals surface area contributed by atoms with Gasteiger partial charge in [-0.2, -0.15) is 13.2 Å². The zero-order chi connectivity index (χ0) is 29.9. The third-order valence-corrected chi connectivity index (χ3v) is 9.05. The van der Waals surface area contributed by atoms with E-state index in [0.717, 1.165) is 25.7 Å². The standard InChI is InChI=1S/C28H34F3IN2O7/c1-40-23-9-16(13-36)8-20(32)26(23)41-22-11-19(27(39)33-4-5-35)10-21(25(22)38)34(14-28(29,30)31)24(37)12-18-7-15-2-3-17(18)6-15/h8-9,11,13,15,17-18,21-22,25,35,38H,2-7,10,12,14H2,1H3,(H,33,39). The Hall–Kier alpha value is -2.39. The Kier molecular flexibility index (Phi) is 10.2. The number of nitrogens with zero attached hydrogens (tertiary/aromatic N) is 1. The molecule has 2 amide bonds. The summed E-state index contributed by atoms with van der Waals surface area (Å²) in [4.78, 5) is 38.4. The first-order valence-corrected chi connectivity index (χ1v) is 14.6. The average molecular weight is 694 g/mol. The first-order chi connectivity index (χ1) is 19.4. The number of methoxy groups -OCH3 is 1. The quantitative estimate of drug-likeness (QED) is 0.240. The normalized spacial score (nSPS) is 27.2. The SMILES string of the molecule is COc1cc(C=O)cc(I)c1OC1C=C(C(=O)NCCO)CC(N(CC(F)(F)F)C(=O)CC2CC3CCC2C3)C1O. The fourth-order valence-electron chi connectivity index (χ4n) is 6.39. The predicted octanol–water partition coefficient (Wildman–Crippen LogP) is 3.25. The minimum absolute atomic E-state index is 0.00481. The summed E-state index contributed by atoms with van der Waals surface area (Å²) >= 11 is 1.90. The Balaban J connectivity index is 1.67. The lowest BCUT2D eigenvalue weighted by Crippen LogP contribution is -2.57. The van der Waals surface area contributed by atoms with Crippen molar-refractivity contribution < 1.29 is 47.2 Å². The van der Waals surface area contributed by atoms with Crippen molar-refractivity contribution in [1.29, 1.82) is 0 Å². The van der Waals surface area contributed by atoms with Crippen molar-refractivity contribution in [3.63, 3.8) is 0 Å². The van der Waals surface area contributed by atoms with E-state index in [9.17, 15) is 32.7 Å². The minimum Gasteiger partial charge on any atom is -0.493 e. The van der Waals surface area contributed by atoms with E-state index < -0.39 is 42.8 Å². The van der Waals surface area contributed by atoms with Crippen LogP contribution >= 0.6 is 22.6 Å². The molecule has 226 valence electrons. The van der Waals surface area contributed by atoms with Gasteiger partial charge in [0.05, 0.1) is 23.3 Å². The van der Waals surface area contributed by atoms with Gasteiger partial charge in [-0.25, -0.2) is 0 Å². The molecule has 2 fully saturated rings. The van der Waals surface area contributed by atoms with E-state index >= 15 is 0 Å². The van der Waals surface area contributed by atoms with Crippen LogP contribution < -0.4 is 14.8 Å². The lowest BCUT2D eigenvalue weighted by Gasteiger charge is -2.41. The van der Waals surface area contributed by atoms with E-state index in [4.69, 9.17) is 14.6 Å². The number of carbonyl (C=O) groups excluding carboxylic acids is 3. The lowest BCUT2D eigenvalue weighted by atomic mass is 9.84. The van der Waals surface area contributed by atoms with Crippen LogP contribution in [0.4, 0.5) is 13.2 Å². The van der Waals surface area contributed by atoms with Crippen LogP contribution in [0.25, 0.3) is 0 Å². The van der Waals surface area contributed by atoms with E-state index in [2.05, 4.69) is 5.32 Å². The molecule has 41 heavy (non-hydrogen) atoms. The summed E-state index contributed by atoms with van der Waals surface area (Å²) in [6.45, 7) is -2.03. The Morgan fingerprint density at radius 2 is 2.00 bits per heavy atom. The number of amides is 2. The maximum atomic E-state index is 13.8. The van der Waals surface area contributed by atoms with Gasteiger partial charge in [0.25, 0.3) is 0 Å². The Bertz CT molecular complexity index is 1180. The van der Waals surface area contributed by atoms with Crippen LogP contribution in [0.2, 0.25) is 0 Å². The molecule has 0 spiro atoms. The van der Waals surface area contributed by atoms with Gasteiger partial charge in [0, 0.05) is 30.5 Å². The van der Waals surface area contributed by atoms with Crippen molar-refractivity contribution in [2.24, 2.45) is 17.8 Å². The Morgan fingerprint density at radius 1 is 1.24 bits per heavy atom. The molecule has 4 rings (SSSR count). The van der Waals surface area contributed by atoms with Gasteiger partial charge < -0.3 is 29.9 Å². The van der Waals surface area contributed by atoms with Crippen LogP contribution in [0.3, 0.4) is 0 Å². The van der Waals surface area contributed by atoms with Crippen molar-refractivity contribution in [3.8, 4) is 11.5 Å². The molecular formula is C28H34F3IN2O7. The fourth-order valence-corrected chi connectivity index (χ4v) is 7.14. The topological polar surface area (TPSA) is 125 Å². The highest BCUT2D eigenvalue weighted by Gasteiger charge is 2.47. The van der Waals surface area contributed by atoms with Gasteiger partial charge >= 0.3 is 6.18 Å². The zero-order valence-corrected chi connectivity index (χ0v) is 24.7. The second-order valence-electron chi connectivity index (χ2n) is 10.9. The number of aliphatic hydroxyl groups is 2. The van der Waals surface area contributed by atoms with Gasteiger partial charge in [0.15, 0.2) is 11.5 Å². The number of aliphatic hydroxyl groups excluding tert-OH is 2. The van der Waals surface area contributed by atoms with Gasteiger partial charge in [0.1, 0.15) is 25.0 Å². The second-order valence-corrected chi connectivity index (χ2v) is 12.1.